The molecule has 0 aromatic carbocycles. The van der Waals surface area contributed by atoms with E-state index >= 15 is 0 Å². The van der Waals surface area contributed by atoms with E-state index in [9.17, 15) is 0 Å². The molecule has 0 aromatic heterocycles. The summed E-state index contributed by atoms with van der Waals surface area (Å²) in [5, 5.41) is 21.0. The average Bonchev–Trinajstić information content (AvgIpc) is 0.811. The van der Waals surface area contributed by atoms with Crippen LogP contribution in [0, 0.1) is 43.8 Å². The second kappa shape index (κ2) is 51.3. The van der Waals surface area contributed by atoms with Crippen molar-refractivity contribution in [2.45, 2.75) is 0 Å². The van der Waals surface area contributed by atoms with Crippen molar-refractivity contribution in [1.82, 2.24) is 5.39 Å². The fourth-order valence-electron chi connectivity index (χ4n) is 0. The zero-order valence-corrected chi connectivity index (χ0v) is 6.72. The molecule has 0 saturated heterocycles. The first-order valence-electron chi connectivity index (χ1n) is 0.583. The SMILES string of the molecule is O.O.O.O.O.[O-]N(O)O.[Tb]. The van der Waals surface area contributed by atoms with Crippen LogP contribution in [0.25, 0.3) is 0 Å². The molecule has 10 heteroatoms. The summed E-state index contributed by atoms with van der Waals surface area (Å²) in [4.78, 5) is 0. The van der Waals surface area contributed by atoms with E-state index in [2.05, 4.69) is 0 Å². The Morgan fingerprint density at radius 1 is 0.800 bits per heavy atom. The van der Waals surface area contributed by atoms with Gasteiger partial charge in [0.1, 0.15) is 0 Å². The number of nitrogens with zero attached hydrogens (tertiary/aromatic N) is 1. The van der Waals surface area contributed by atoms with Crippen LogP contribution < -0.4 is 0 Å². The van der Waals surface area contributed by atoms with E-state index < -0.39 is 5.39 Å². The summed E-state index contributed by atoms with van der Waals surface area (Å²) in [6.07, 6.45) is 0. The van der Waals surface area contributed by atoms with Crippen LogP contribution in [-0.2, 0) is 0 Å². The predicted octanol–water partition coefficient (Wildman–Crippen LogP) is -4.56. The average molecular weight is 313 g/mol. The zero-order chi connectivity index (χ0) is 3.58. The summed E-state index contributed by atoms with van der Waals surface area (Å²) in [6.45, 7) is 0. The van der Waals surface area contributed by atoms with Crippen molar-refractivity contribution in [2.24, 2.45) is 0 Å². The first-order chi connectivity index (χ1) is 1.73. The van der Waals surface area contributed by atoms with Gasteiger partial charge in [0.05, 0.1) is 0 Å². The molecule has 0 amide bonds. The Labute approximate surface area is 86.7 Å². The maximum atomic E-state index is 8.47. The van der Waals surface area contributed by atoms with Gasteiger partial charge in [0, 0.05) is 38.6 Å². The first-order valence-corrected chi connectivity index (χ1v) is 0.583. The van der Waals surface area contributed by atoms with Crippen molar-refractivity contribution >= 4 is 0 Å². The third kappa shape index (κ3) is 654. The van der Waals surface area contributed by atoms with Gasteiger partial charge in [-0.3, -0.25) is 0 Å². The largest absolute Gasteiger partial charge is 0.738 e. The van der Waals surface area contributed by atoms with E-state index in [0.717, 1.165) is 0 Å². The van der Waals surface area contributed by atoms with Crippen LogP contribution >= 0.6 is 0 Å². The van der Waals surface area contributed by atoms with Crippen LogP contribution in [0.3, 0.4) is 0 Å². The molecule has 75 valence electrons. The molecule has 0 rings (SSSR count). The Bertz CT molecular complexity index is 14.0. The summed E-state index contributed by atoms with van der Waals surface area (Å²) < 4.78 is 0. The second-order valence-electron chi connectivity index (χ2n) is 0.253. The maximum absolute atomic E-state index is 8.47. The Morgan fingerprint density at radius 2 is 0.800 bits per heavy atom. The molecule has 0 aromatic rings. The molecular formula is H12NO8Tb-. The van der Waals surface area contributed by atoms with Crippen molar-refractivity contribution in [3.63, 3.8) is 0 Å². The molecule has 0 heterocycles. The first kappa shape index (κ1) is 69.8. The molecule has 9 nitrogen and oxygen atoms in total. The van der Waals surface area contributed by atoms with Crippen LogP contribution in [0.15, 0.2) is 0 Å². The summed E-state index contributed by atoms with van der Waals surface area (Å²) in [6, 6.07) is 0. The molecule has 0 saturated carbocycles. The summed E-state index contributed by atoms with van der Waals surface area (Å²) in [7, 11) is 0. The van der Waals surface area contributed by atoms with E-state index in [1.54, 1.807) is 0 Å². The Kier molecular flexibility index (Phi) is 358. The van der Waals surface area contributed by atoms with Gasteiger partial charge in [-0.1, -0.05) is 0 Å². The second-order valence-corrected chi connectivity index (χ2v) is 0.253. The van der Waals surface area contributed by atoms with Crippen LogP contribution in [0.4, 0.5) is 0 Å². The van der Waals surface area contributed by atoms with Crippen molar-refractivity contribution in [3.05, 3.63) is 5.21 Å². The maximum Gasteiger partial charge on any atom is 0 e. The van der Waals surface area contributed by atoms with Crippen molar-refractivity contribution < 1.29 is 76.4 Å². The molecule has 0 aliphatic rings. The number of hydrogen-bond donors (Lipinski definition) is 2. The standard InChI is InChI=1S/H2NO3.5H2O.Tb/c2-1(3)4;;;;;;/h2-3H;5*1H2;/q-1;;;;;;. The monoisotopic (exact) mass is 313 g/mol. The molecular weight excluding hydrogens is 301 g/mol. The van der Waals surface area contributed by atoms with E-state index in [-0.39, 0.29) is 66.0 Å². The third-order valence-electron chi connectivity index (χ3n) is 0. The van der Waals surface area contributed by atoms with E-state index in [1.165, 1.54) is 0 Å². The Balaban J connectivity index is -0.00000000300. The minimum atomic E-state index is -1.25. The smallest absolute Gasteiger partial charge is 0 e. The van der Waals surface area contributed by atoms with Crippen molar-refractivity contribution in [2.75, 3.05) is 0 Å². The van der Waals surface area contributed by atoms with Crippen molar-refractivity contribution in [3.8, 4) is 0 Å². The van der Waals surface area contributed by atoms with Gasteiger partial charge in [0.2, 0.25) is 0 Å². The van der Waals surface area contributed by atoms with E-state index in [4.69, 9.17) is 15.6 Å². The van der Waals surface area contributed by atoms with Crippen LogP contribution in [0.2, 0.25) is 0 Å². The van der Waals surface area contributed by atoms with Gasteiger partial charge in [0.15, 0.2) is 0 Å². The minimum absolute atomic E-state index is 0. The quantitative estimate of drug-likeness (QED) is 0.421. The Hall–Kier alpha value is 0.926. The fraction of sp³-hybridized carbons (Fsp3) is 0. The fourth-order valence-corrected chi connectivity index (χ4v) is 0. The van der Waals surface area contributed by atoms with Gasteiger partial charge in [-0.25, -0.2) is 0 Å². The van der Waals surface area contributed by atoms with E-state index in [0.29, 0.717) is 0 Å². The molecule has 0 bridgehead atoms. The van der Waals surface area contributed by atoms with Gasteiger partial charge in [-0.15, -0.1) is 5.39 Å². The van der Waals surface area contributed by atoms with Gasteiger partial charge < -0.3 is 43.0 Å². The molecule has 0 aliphatic heterocycles. The van der Waals surface area contributed by atoms with Crippen LogP contribution in [0.5, 0.6) is 0 Å². The third-order valence-corrected chi connectivity index (χ3v) is 0. The van der Waals surface area contributed by atoms with E-state index in [1.807, 2.05) is 0 Å². The van der Waals surface area contributed by atoms with Gasteiger partial charge in [0.25, 0.3) is 0 Å². The predicted molar refractivity (Wildman–Crippen MR) is 26.8 cm³/mol. The van der Waals surface area contributed by atoms with Gasteiger partial charge in [-0.2, -0.15) is 0 Å². The zero-order valence-electron chi connectivity index (χ0n) is 4.58. The minimum Gasteiger partial charge on any atom is -0.738 e. The van der Waals surface area contributed by atoms with Crippen LogP contribution in [0.1, 0.15) is 0 Å². The van der Waals surface area contributed by atoms with Crippen molar-refractivity contribution in [1.29, 1.82) is 0 Å². The number of hydrogen-bond acceptors (Lipinski definition) is 4. The van der Waals surface area contributed by atoms with Gasteiger partial charge >= 0.3 is 0 Å². The molecule has 10 heavy (non-hydrogen) atoms. The van der Waals surface area contributed by atoms with Gasteiger partial charge in [-0.05, 0) is 0 Å². The molecule has 0 unspecified atom stereocenters. The molecule has 0 spiro atoms. The summed E-state index contributed by atoms with van der Waals surface area (Å²) in [5.41, 5.74) is 0. The number of rotatable bonds is 0. The molecule has 12 N–H and O–H groups in total. The van der Waals surface area contributed by atoms with Crippen LogP contribution in [-0.4, -0.2) is 43.2 Å². The normalized spacial score (nSPS) is 3.60. The molecule has 0 atom stereocenters. The summed E-state index contributed by atoms with van der Waals surface area (Å²) >= 11 is 0. The Morgan fingerprint density at radius 3 is 0.800 bits per heavy atom. The molecule has 1 radical (unpaired) electrons. The summed E-state index contributed by atoms with van der Waals surface area (Å²) in [5.74, 6) is 0. The molecule has 0 fully saturated rings. The topological polar surface area (TPSA) is 224 Å². The molecule has 0 aliphatic carbocycles.